The molecule has 3 rings (SSSR count). The highest BCUT2D eigenvalue weighted by Gasteiger charge is 2.23. The predicted octanol–water partition coefficient (Wildman–Crippen LogP) is 2.27. The lowest BCUT2D eigenvalue weighted by atomic mass is 9.99. The van der Waals surface area contributed by atoms with E-state index < -0.39 is 0 Å². The zero-order valence-corrected chi connectivity index (χ0v) is 16.0. The second-order valence-corrected chi connectivity index (χ2v) is 7.65. The van der Waals surface area contributed by atoms with Gasteiger partial charge in [-0.2, -0.15) is 0 Å². The van der Waals surface area contributed by atoms with Crippen LogP contribution < -0.4 is 14.8 Å². The summed E-state index contributed by atoms with van der Waals surface area (Å²) >= 11 is 2.87. The van der Waals surface area contributed by atoms with Gasteiger partial charge in [0.05, 0.1) is 20.0 Å². The lowest BCUT2D eigenvalue weighted by Crippen LogP contribution is -2.37. The summed E-state index contributed by atoms with van der Waals surface area (Å²) in [6.07, 6.45) is 0.814. The van der Waals surface area contributed by atoms with Crippen molar-refractivity contribution in [2.24, 2.45) is 0 Å². The molecule has 0 spiro atoms. The minimum atomic E-state index is 0.103. The highest BCUT2D eigenvalue weighted by Crippen LogP contribution is 2.33. The number of aromatic nitrogens is 2. The van der Waals surface area contributed by atoms with Crippen molar-refractivity contribution in [3.05, 3.63) is 23.3 Å². The number of fused-ring (bicyclic) bond motifs is 1. The Hall–Kier alpha value is -2.00. The molecule has 134 valence electrons. The summed E-state index contributed by atoms with van der Waals surface area (Å²) in [4.78, 5) is 14.4. The van der Waals surface area contributed by atoms with Gasteiger partial charge in [0.15, 0.2) is 15.8 Å². The molecule has 7 nitrogen and oxygen atoms in total. The number of ether oxygens (including phenoxy) is 2. The molecule has 1 amide bonds. The number of thioether (sulfide) groups is 1. The summed E-state index contributed by atoms with van der Waals surface area (Å²) in [6, 6.07) is 3.97. The Morgan fingerprint density at radius 2 is 2.00 bits per heavy atom. The molecule has 1 aliphatic rings. The third-order valence-electron chi connectivity index (χ3n) is 4.01. The summed E-state index contributed by atoms with van der Waals surface area (Å²) < 4.78 is 11.5. The number of carbonyl (C=O) groups is 1. The van der Waals surface area contributed by atoms with Crippen molar-refractivity contribution in [1.82, 2.24) is 15.1 Å². The first-order chi connectivity index (χ1) is 12.1. The van der Waals surface area contributed by atoms with Crippen LogP contribution in [0.3, 0.4) is 0 Å². The quantitative estimate of drug-likeness (QED) is 0.771. The fourth-order valence-electron chi connectivity index (χ4n) is 2.68. The van der Waals surface area contributed by atoms with Crippen molar-refractivity contribution in [3.8, 4) is 11.5 Å². The average Bonchev–Trinajstić information content (AvgIpc) is 3.12. The number of nitrogens with one attached hydrogen (secondary N) is 1. The Kier molecular flexibility index (Phi) is 5.64. The predicted molar refractivity (Wildman–Crippen MR) is 98.8 cm³/mol. The Morgan fingerprint density at radius 1 is 1.28 bits per heavy atom. The van der Waals surface area contributed by atoms with Crippen LogP contribution in [-0.2, 0) is 17.8 Å². The van der Waals surface area contributed by atoms with E-state index in [1.54, 1.807) is 21.3 Å². The lowest BCUT2D eigenvalue weighted by molar-refractivity contribution is -0.129. The first kappa shape index (κ1) is 17.8. The average molecular weight is 380 g/mol. The zero-order valence-electron chi connectivity index (χ0n) is 14.4. The molecule has 0 saturated carbocycles. The van der Waals surface area contributed by atoms with E-state index in [-0.39, 0.29) is 5.91 Å². The lowest BCUT2D eigenvalue weighted by Gasteiger charge is -2.29. The molecule has 0 atom stereocenters. The van der Waals surface area contributed by atoms with Crippen LogP contribution in [0.2, 0.25) is 0 Å². The number of rotatable bonds is 6. The van der Waals surface area contributed by atoms with Crippen LogP contribution in [0.15, 0.2) is 16.5 Å². The number of hydrogen-bond acceptors (Lipinski definition) is 8. The minimum Gasteiger partial charge on any atom is -0.493 e. The maximum Gasteiger partial charge on any atom is 0.233 e. The first-order valence-corrected chi connectivity index (χ1v) is 9.60. The van der Waals surface area contributed by atoms with Gasteiger partial charge >= 0.3 is 0 Å². The summed E-state index contributed by atoms with van der Waals surface area (Å²) in [5.74, 6) is 1.89. The van der Waals surface area contributed by atoms with Gasteiger partial charge in [-0.05, 0) is 29.7 Å². The zero-order chi connectivity index (χ0) is 17.8. The summed E-state index contributed by atoms with van der Waals surface area (Å²) in [5.41, 5.74) is 2.31. The van der Waals surface area contributed by atoms with Crippen molar-refractivity contribution in [1.29, 1.82) is 0 Å². The van der Waals surface area contributed by atoms with E-state index in [0.717, 1.165) is 27.2 Å². The third-order valence-corrected chi connectivity index (χ3v) is 6.07. The Balaban J connectivity index is 1.64. The molecule has 2 aromatic rings. The van der Waals surface area contributed by atoms with Crippen molar-refractivity contribution in [2.75, 3.05) is 38.9 Å². The van der Waals surface area contributed by atoms with Crippen LogP contribution in [0.25, 0.3) is 0 Å². The highest BCUT2D eigenvalue weighted by atomic mass is 32.2. The topological polar surface area (TPSA) is 76.6 Å². The smallest absolute Gasteiger partial charge is 0.233 e. The molecule has 2 heterocycles. The van der Waals surface area contributed by atoms with E-state index in [1.165, 1.54) is 28.7 Å². The molecular formula is C16H20N4O3S2. The van der Waals surface area contributed by atoms with Gasteiger partial charge in [0.2, 0.25) is 11.0 Å². The summed E-state index contributed by atoms with van der Waals surface area (Å²) in [6.45, 7) is 1.30. The van der Waals surface area contributed by atoms with Gasteiger partial charge in [-0.3, -0.25) is 4.79 Å². The minimum absolute atomic E-state index is 0.103. The van der Waals surface area contributed by atoms with Crippen LogP contribution in [0.5, 0.6) is 11.5 Å². The number of hydrogen-bond donors (Lipinski definition) is 1. The van der Waals surface area contributed by atoms with E-state index in [1.807, 2.05) is 17.0 Å². The van der Waals surface area contributed by atoms with Crippen molar-refractivity contribution >= 4 is 34.1 Å². The number of nitrogens with zero attached hydrogens (tertiary/aromatic N) is 3. The Morgan fingerprint density at radius 3 is 2.64 bits per heavy atom. The standard InChI is InChI=1S/C16H20N4O3S2/c1-17-15-18-19-16(25-15)24-9-14(21)20-5-4-10-6-12(22-2)13(23-3)7-11(10)8-20/h6-7H,4-5,8-9H2,1-3H3,(H,17,18). The first-order valence-electron chi connectivity index (χ1n) is 7.80. The number of benzene rings is 1. The van der Waals surface area contributed by atoms with Crippen LogP contribution in [-0.4, -0.2) is 54.6 Å². The van der Waals surface area contributed by atoms with Crippen LogP contribution in [0, 0.1) is 0 Å². The van der Waals surface area contributed by atoms with Gasteiger partial charge in [-0.15, -0.1) is 10.2 Å². The van der Waals surface area contributed by atoms with Crippen molar-refractivity contribution in [2.45, 2.75) is 17.3 Å². The second kappa shape index (κ2) is 7.92. The van der Waals surface area contributed by atoms with Gasteiger partial charge in [0, 0.05) is 20.1 Å². The molecule has 9 heteroatoms. The van der Waals surface area contributed by atoms with Crippen LogP contribution in [0.1, 0.15) is 11.1 Å². The summed E-state index contributed by atoms with van der Waals surface area (Å²) in [5, 5.41) is 11.7. The monoisotopic (exact) mass is 380 g/mol. The number of carbonyl (C=O) groups excluding carboxylic acids is 1. The molecule has 0 radical (unpaired) electrons. The second-order valence-electron chi connectivity index (χ2n) is 5.45. The molecule has 1 aromatic heterocycles. The molecule has 1 aromatic carbocycles. The molecule has 0 aliphatic carbocycles. The third kappa shape index (κ3) is 3.98. The van der Waals surface area contributed by atoms with Crippen LogP contribution >= 0.6 is 23.1 Å². The molecule has 0 unspecified atom stereocenters. The van der Waals surface area contributed by atoms with Gasteiger partial charge in [-0.1, -0.05) is 23.1 Å². The van der Waals surface area contributed by atoms with Crippen LogP contribution in [0.4, 0.5) is 5.13 Å². The van der Waals surface area contributed by atoms with E-state index in [0.29, 0.717) is 24.6 Å². The molecular weight excluding hydrogens is 360 g/mol. The van der Waals surface area contributed by atoms with Crippen molar-refractivity contribution < 1.29 is 14.3 Å². The van der Waals surface area contributed by atoms with Gasteiger partial charge in [0.1, 0.15) is 0 Å². The Bertz CT molecular complexity index is 766. The maximum absolute atomic E-state index is 12.5. The summed E-state index contributed by atoms with van der Waals surface area (Å²) in [7, 11) is 5.05. The number of anilines is 1. The molecule has 25 heavy (non-hydrogen) atoms. The van der Waals surface area contributed by atoms with Gasteiger partial charge < -0.3 is 19.7 Å². The largest absolute Gasteiger partial charge is 0.493 e. The van der Waals surface area contributed by atoms with Gasteiger partial charge in [0.25, 0.3) is 0 Å². The fourth-order valence-corrected chi connectivity index (χ4v) is 4.29. The fraction of sp³-hybridized carbons (Fsp3) is 0.438. The van der Waals surface area contributed by atoms with Crippen molar-refractivity contribution in [3.63, 3.8) is 0 Å². The van der Waals surface area contributed by atoms with E-state index in [4.69, 9.17) is 9.47 Å². The molecule has 0 saturated heterocycles. The van der Waals surface area contributed by atoms with E-state index in [2.05, 4.69) is 15.5 Å². The Labute approximate surface area is 154 Å². The molecule has 0 fully saturated rings. The van der Waals surface area contributed by atoms with Gasteiger partial charge in [-0.25, -0.2) is 0 Å². The molecule has 1 N–H and O–H groups in total. The van der Waals surface area contributed by atoms with E-state index >= 15 is 0 Å². The molecule has 0 bridgehead atoms. The van der Waals surface area contributed by atoms with E-state index in [9.17, 15) is 4.79 Å². The highest BCUT2D eigenvalue weighted by molar-refractivity contribution is 8.01. The molecule has 1 aliphatic heterocycles. The number of methoxy groups -OCH3 is 2. The normalized spacial score (nSPS) is 13.3. The number of amides is 1. The SMILES string of the molecule is CNc1nnc(SCC(=O)N2CCc3cc(OC)c(OC)cc3C2)s1. The maximum atomic E-state index is 12.5.